The quantitative estimate of drug-likeness (QED) is 0.427. The average molecular weight is 110 g/mol. The summed E-state index contributed by atoms with van der Waals surface area (Å²) < 4.78 is 0. The van der Waals surface area contributed by atoms with Crippen molar-refractivity contribution in [2.24, 2.45) is 0 Å². The molecule has 3 N–H and O–H groups in total. The first kappa shape index (κ1) is 4.83. The molecule has 0 saturated heterocycles. The maximum absolute atomic E-state index is 10.2. The van der Waals surface area contributed by atoms with Crippen LogP contribution >= 0.6 is 0 Å². The number of aromatic nitrogens is 2. The fraction of sp³-hybridized carbons (Fsp3) is 0. The number of anilines is 1. The van der Waals surface area contributed by atoms with Gasteiger partial charge < -0.3 is 20.5 Å². The molecule has 4 heteroatoms. The Labute approximate surface area is 45.4 Å². The molecule has 0 unspecified atom stereocenters. The molecule has 8 heavy (non-hydrogen) atoms. The summed E-state index contributed by atoms with van der Waals surface area (Å²) in [7, 11) is 0. The number of hydrogen-bond donors (Lipinski definition) is 2. The summed E-state index contributed by atoms with van der Waals surface area (Å²) in [6.45, 7) is 0. The van der Waals surface area contributed by atoms with E-state index in [-0.39, 0.29) is 5.82 Å². The van der Waals surface area contributed by atoms with Crippen LogP contribution in [0.3, 0.4) is 0 Å². The highest BCUT2D eigenvalue weighted by Crippen LogP contribution is 1.81. The Hall–Kier alpha value is -1.32. The molecule has 1 heterocycles. The topological polar surface area (TPSA) is 71.8 Å². The van der Waals surface area contributed by atoms with E-state index in [0.29, 0.717) is 0 Å². The molecule has 0 saturated carbocycles. The Morgan fingerprint density at radius 3 is 3.00 bits per heavy atom. The molecule has 0 atom stereocenters. The number of hydrogen-bond acceptors (Lipinski definition) is 3. The monoisotopic (exact) mass is 110 g/mol. The molecule has 0 bridgehead atoms. The SMILES string of the molecule is Nc1c[c-][nH]c(=O)n1. The Morgan fingerprint density at radius 1 is 1.88 bits per heavy atom. The number of nitrogens with two attached hydrogens (primary N) is 1. The standard InChI is InChI=1S/C4H4N3O/c5-3-1-2-6-4(8)7-3/h1H,(H3,5,6,7,8)/q-1. The Balaban J connectivity index is 3.28. The van der Waals surface area contributed by atoms with Crippen molar-refractivity contribution >= 4 is 5.82 Å². The van der Waals surface area contributed by atoms with Crippen LogP contribution in [-0.4, -0.2) is 9.97 Å². The zero-order valence-electron chi connectivity index (χ0n) is 4.01. The van der Waals surface area contributed by atoms with Crippen LogP contribution in [0, 0.1) is 6.20 Å². The number of rotatable bonds is 0. The maximum Gasteiger partial charge on any atom is 0.229 e. The third-order valence-electron chi connectivity index (χ3n) is 0.630. The molecule has 0 radical (unpaired) electrons. The number of aromatic amines is 1. The van der Waals surface area contributed by atoms with Gasteiger partial charge in [0.05, 0.1) is 0 Å². The van der Waals surface area contributed by atoms with Gasteiger partial charge in [0, 0.05) is 5.82 Å². The van der Waals surface area contributed by atoms with Crippen molar-refractivity contribution in [2.45, 2.75) is 0 Å². The van der Waals surface area contributed by atoms with Gasteiger partial charge in [0.25, 0.3) is 0 Å². The van der Waals surface area contributed by atoms with E-state index in [0.717, 1.165) is 0 Å². The number of nitrogens with one attached hydrogen (secondary N) is 1. The lowest BCUT2D eigenvalue weighted by Crippen LogP contribution is -2.10. The summed E-state index contributed by atoms with van der Waals surface area (Å²) in [5.74, 6) is 0.189. The van der Waals surface area contributed by atoms with Gasteiger partial charge in [0.1, 0.15) is 0 Å². The van der Waals surface area contributed by atoms with Gasteiger partial charge in [-0.25, -0.2) is 0 Å². The molecular formula is C4H4N3O-. The van der Waals surface area contributed by atoms with Crippen LogP contribution in [0.5, 0.6) is 0 Å². The molecule has 1 rings (SSSR count). The van der Waals surface area contributed by atoms with Gasteiger partial charge in [-0.15, -0.1) is 6.07 Å². The van der Waals surface area contributed by atoms with Crippen molar-refractivity contribution in [3.63, 3.8) is 0 Å². The van der Waals surface area contributed by atoms with Crippen LogP contribution in [0.2, 0.25) is 0 Å². The summed E-state index contributed by atoms with van der Waals surface area (Å²) in [5, 5.41) is 0. The fourth-order valence-electron chi connectivity index (χ4n) is 0.349. The summed E-state index contributed by atoms with van der Waals surface area (Å²) in [6, 6.07) is 1.39. The van der Waals surface area contributed by atoms with E-state index in [4.69, 9.17) is 5.73 Å². The molecule has 0 fully saturated rings. The molecule has 0 amide bonds. The minimum atomic E-state index is -0.468. The van der Waals surface area contributed by atoms with Gasteiger partial charge in [0.2, 0.25) is 5.69 Å². The number of H-pyrrole nitrogens is 1. The summed E-state index contributed by atoms with van der Waals surface area (Å²) >= 11 is 0. The largest absolute Gasteiger partial charge is 0.435 e. The van der Waals surface area contributed by atoms with Crippen LogP contribution in [0.15, 0.2) is 10.9 Å². The average Bonchev–Trinajstić information content (AvgIpc) is 1.64. The first-order chi connectivity index (χ1) is 3.79. The van der Waals surface area contributed by atoms with Gasteiger partial charge >= 0.3 is 0 Å². The third kappa shape index (κ3) is 0.841. The minimum Gasteiger partial charge on any atom is -0.435 e. The predicted molar refractivity (Wildman–Crippen MR) is 28.1 cm³/mol. The van der Waals surface area contributed by atoms with Gasteiger partial charge in [-0.05, 0) is 0 Å². The fourth-order valence-corrected chi connectivity index (χ4v) is 0.349. The van der Waals surface area contributed by atoms with Crippen molar-refractivity contribution in [3.05, 3.63) is 22.7 Å². The summed E-state index contributed by atoms with van der Waals surface area (Å²) in [4.78, 5) is 15.7. The van der Waals surface area contributed by atoms with Crippen molar-refractivity contribution < 1.29 is 0 Å². The molecule has 1 aromatic rings. The lowest BCUT2D eigenvalue weighted by atomic mass is 10.6. The van der Waals surface area contributed by atoms with Crippen LogP contribution in [0.4, 0.5) is 5.82 Å². The molecule has 0 aliphatic carbocycles. The van der Waals surface area contributed by atoms with E-state index in [2.05, 4.69) is 16.2 Å². The zero-order chi connectivity index (χ0) is 5.98. The first-order valence-corrected chi connectivity index (χ1v) is 2.02. The zero-order valence-corrected chi connectivity index (χ0v) is 4.01. The molecule has 0 aliphatic rings. The Morgan fingerprint density at radius 2 is 2.62 bits per heavy atom. The molecule has 42 valence electrons. The van der Waals surface area contributed by atoms with Crippen LogP contribution in [0.25, 0.3) is 0 Å². The van der Waals surface area contributed by atoms with E-state index >= 15 is 0 Å². The normalized spacial score (nSPS) is 9.00. The smallest absolute Gasteiger partial charge is 0.229 e. The molecule has 0 aliphatic heterocycles. The van der Waals surface area contributed by atoms with E-state index in [1.807, 2.05) is 0 Å². The molecular weight excluding hydrogens is 106 g/mol. The summed E-state index contributed by atoms with van der Waals surface area (Å²) in [6.07, 6.45) is 2.40. The highest BCUT2D eigenvalue weighted by atomic mass is 16.1. The van der Waals surface area contributed by atoms with Gasteiger partial charge in [0.15, 0.2) is 0 Å². The van der Waals surface area contributed by atoms with Crippen molar-refractivity contribution in [1.29, 1.82) is 0 Å². The van der Waals surface area contributed by atoms with Gasteiger partial charge in [-0.1, -0.05) is 6.20 Å². The Bertz CT molecular complexity index is 229. The third-order valence-corrected chi connectivity index (χ3v) is 0.630. The molecule has 0 spiro atoms. The van der Waals surface area contributed by atoms with Crippen LogP contribution in [0.1, 0.15) is 0 Å². The van der Waals surface area contributed by atoms with E-state index in [9.17, 15) is 4.79 Å². The van der Waals surface area contributed by atoms with Crippen molar-refractivity contribution in [1.82, 2.24) is 9.97 Å². The lowest BCUT2D eigenvalue weighted by Gasteiger charge is -1.94. The second-order valence-electron chi connectivity index (χ2n) is 1.26. The molecule has 0 aromatic carbocycles. The van der Waals surface area contributed by atoms with E-state index in [1.165, 1.54) is 6.07 Å². The molecule has 4 nitrogen and oxygen atoms in total. The van der Waals surface area contributed by atoms with Gasteiger partial charge in [-0.2, -0.15) is 0 Å². The van der Waals surface area contributed by atoms with E-state index < -0.39 is 5.69 Å². The number of nitrogens with zero attached hydrogens (tertiary/aromatic N) is 1. The Kier molecular flexibility index (Phi) is 0.997. The minimum absolute atomic E-state index is 0.189. The van der Waals surface area contributed by atoms with Crippen molar-refractivity contribution in [3.8, 4) is 0 Å². The van der Waals surface area contributed by atoms with Crippen molar-refractivity contribution in [2.75, 3.05) is 5.73 Å². The highest BCUT2D eigenvalue weighted by molar-refractivity contribution is 5.22. The van der Waals surface area contributed by atoms with Crippen LogP contribution < -0.4 is 11.4 Å². The lowest BCUT2D eigenvalue weighted by molar-refractivity contribution is 1.08. The second-order valence-corrected chi connectivity index (χ2v) is 1.26. The highest BCUT2D eigenvalue weighted by Gasteiger charge is 1.70. The van der Waals surface area contributed by atoms with E-state index in [1.54, 1.807) is 0 Å². The first-order valence-electron chi connectivity index (χ1n) is 2.02. The number of nitrogen functional groups attached to an aromatic ring is 1. The summed E-state index contributed by atoms with van der Waals surface area (Å²) in [5.41, 5.74) is 4.63. The van der Waals surface area contributed by atoms with Gasteiger partial charge in [-0.3, -0.25) is 0 Å². The molecule has 1 aromatic heterocycles. The predicted octanol–water partition coefficient (Wildman–Crippen LogP) is -0.848. The second kappa shape index (κ2) is 1.65. The maximum atomic E-state index is 10.2. The van der Waals surface area contributed by atoms with Crippen LogP contribution in [-0.2, 0) is 0 Å².